The maximum Gasteiger partial charge on any atom is 0.410 e. The second-order valence-electron chi connectivity index (χ2n) is 4.51. The van der Waals surface area contributed by atoms with Crippen LogP contribution in [0.5, 0.6) is 0 Å². The Morgan fingerprint density at radius 1 is 0.846 bits per heavy atom. The summed E-state index contributed by atoms with van der Waals surface area (Å²) in [6, 6.07) is 2.33. The number of rotatable bonds is 6. The predicted octanol–water partition coefficient (Wildman–Crippen LogP) is 3.00. The highest BCUT2D eigenvalue weighted by Crippen LogP contribution is 2.12. The Balaban J connectivity index is 3.68. The molecule has 0 aromatic rings. The van der Waals surface area contributed by atoms with E-state index < -0.39 is 16.6 Å². The van der Waals surface area contributed by atoms with Crippen LogP contribution in [-0.4, -0.2) is 26.6 Å². The molecule has 0 aliphatic heterocycles. The lowest BCUT2D eigenvalue weighted by molar-refractivity contribution is 0.450. The van der Waals surface area contributed by atoms with Gasteiger partial charge in [0.15, 0.2) is 16.6 Å². The first kappa shape index (κ1) is 13.6. The van der Waals surface area contributed by atoms with Crippen LogP contribution >= 0.6 is 0 Å². The third-order valence-electron chi connectivity index (χ3n) is 2.34. The van der Waals surface area contributed by atoms with Gasteiger partial charge in [-0.25, -0.2) is 0 Å². The second-order valence-corrected chi connectivity index (χ2v) is 14.8. The normalized spacial score (nSPS) is 13.4. The quantitative estimate of drug-likeness (QED) is 0.658. The molecular formula is C8H22O2Si3. The molecule has 0 aliphatic carbocycles. The molecule has 0 aromatic heterocycles. The molecule has 0 amide bonds. The molecular weight excluding hydrogens is 212 g/mol. The van der Waals surface area contributed by atoms with Crippen molar-refractivity contribution in [1.29, 1.82) is 0 Å². The molecule has 0 N–H and O–H groups in total. The van der Waals surface area contributed by atoms with Gasteiger partial charge in [0.1, 0.15) is 0 Å². The van der Waals surface area contributed by atoms with Gasteiger partial charge in [-0.2, -0.15) is 0 Å². The van der Waals surface area contributed by atoms with Gasteiger partial charge in [0.25, 0.3) is 0 Å². The maximum absolute atomic E-state index is 5.80. The van der Waals surface area contributed by atoms with Crippen molar-refractivity contribution in [2.45, 2.75) is 52.1 Å². The molecule has 13 heavy (non-hydrogen) atoms. The van der Waals surface area contributed by atoms with E-state index in [9.17, 15) is 0 Å². The van der Waals surface area contributed by atoms with Crippen LogP contribution in [0.2, 0.25) is 38.3 Å². The monoisotopic (exact) mass is 234 g/mol. The Labute approximate surface area is 87.4 Å². The van der Waals surface area contributed by atoms with Crippen LogP contribution < -0.4 is 0 Å². The van der Waals surface area contributed by atoms with E-state index in [2.05, 4.69) is 40.0 Å². The van der Waals surface area contributed by atoms with Gasteiger partial charge in [-0.1, -0.05) is 13.8 Å². The first-order chi connectivity index (χ1) is 5.83. The van der Waals surface area contributed by atoms with Crippen LogP contribution in [0.25, 0.3) is 0 Å². The summed E-state index contributed by atoms with van der Waals surface area (Å²) in [7, 11) is -2.49. The van der Waals surface area contributed by atoms with Crippen LogP contribution in [0.3, 0.4) is 0 Å². The van der Waals surface area contributed by atoms with Gasteiger partial charge < -0.3 is 8.23 Å². The van der Waals surface area contributed by atoms with Gasteiger partial charge in [-0.3, -0.25) is 0 Å². The van der Waals surface area contributed by atoms with Crippen molar-refractivity contribution in [2.75, 3.05) is 0 Å². The molecule has 5 heteroatoms. The summed E-state index contributed by atoms with van der Waals surface area (Å²) in [5.41, 5.74) is 0. The topological polar surface area (TPSA) is 18.5 Å². The van der Waals surface area contributed by atoms with Gasteiger partial charge in [-0.15, -0.1) is 0 Å². The van der Waals surface area contributed by atoms with E-state index in [1.54, 1.807) is 0 Å². The van der Waals surface area contributed by atoms with Crippen molar-refractivity contribution in [3.05, 3.63) is 0 Å². The molecule has 0 saturated heterocycles. The lowest BCUT2D eigenvalue weighted by Crippen LogP contribution is -2.37. The van der Waals surface area contributed by atoms with Gasteiger partial charge >= 0.3 is 10.0 Å². The lowest BCUT2D eigenvalue weighted by atomic mass is 11.0. The highest BCUT2D eigenvalue weighted by atomic mass is 28.4. The molecule has 78 valence electrons. The number of hydrogen-bond donors (Lipinski definition) is 0. The van der Waals surface area contributed by atoms with Crippen molar-refractivity contribution in [1.82, 2.24) is 0 Å². The molecule has 0 atom stereocenters. The standard InChI is InChI=1S/C8H22O2Si3/c1-7-12(3,4)9-11-10-13(5,6)8-2/h7-8H2,1-6H3. The zero-order valence-electron chi connectivity index (χ0n) is 9.73. The van der Waals surface area contributed by atoms with E-state index in [-0.39, 0.29) is 10.0 Å². The maximum atomic E-state index is 5.80. The summed E-state index contributed by atoms with van der Waals surface area (Å²) in [4.78, 5) is 0. The molecule has 0 spiro atoms. The SMILES string of the molecule is CC[Si](C)(C)O[Si]O[Si](C)(C)CC. The van der Waals surface area contributed by atoms with Gasteiger partial charge in [0.2, 0.25) is 0 Å². The molecule has 2 nitrogen and oxygen atoms in total. The van der Waals surface area contributed by atoms with Crippen molar-refractivity contribution in [2.24, 2.45) is 0 Å². The van der Waals surface area contributed by atoms with Crippen molar-refractivity contribution in [3.8, 4) is 0 Å². The predicted molar refractivity (Wildman–Crippen MR) is 63.9 cm³/mol. The van der Waals surface area contributed by atoms with E-state index in [1.807, 2.05) is 0 Å². The molecule has 0 aliphatic rings. The third kappa shape index (κ3) is 6.62. The zero-order valence-corrected chi connectivity index (χ0v) is 12.7. The van der Waals surface area contributed by atoms with Gasteiger partial charge in [-0.05, 0) is 38.3 Å². The third-order valence-corrected chi connectivity index (χ3v) is 10.8. The molecule has 0 fully saturated rings. The largest absolute Gasteiger partial charge is 0.435 e. The Kier molecular flexibility index (Phi) is 5.69. The van der Waals surface area contributed by atoms with Crippen molar-refractivity contribution < 1.29 is 8.23 Å². The molecule has 0 saturated carbocycles. The van der Waals surface area contributed by atoms with Crippen LogP contribution in [0.4, 0.5) is 0 Å². The Morgan fingerprint density at radius 3 is 1.38 bits per heavy atom. The fourth-order valence-electron chi connectivity index (χ4n) is 0.391. The Bertz CT molecular complexity index is 132. The van der Waals surface area contributed by atoms with E-state index in [0.29, 0.717) is 0 Å². The minimum atomic E-state index is -1.38. The molecule has 0 bridgehead atoms. The number of hydrogen-bond acceptors (Lipinski definition) is 2. The summed E-state index contributed by atoms with van der Waals surface area (Å²) in [5.74, 6) is 0. The molecule has 2 radical (unpaired) electrons. The molecule has 0 heterocycles. The van der Waals surface area contributed by atoms with Crippen LogP contribution in [0.15, 0.2) is 0 Å². The van der Waals surface area contributed by atoms with Gasteiger partial charge in [0, 0.05) is 0 Å². The second kappa shape index (κ2) is 5.45. The average Bonchev–Trinajstić information content (AvgIpc) is 2.04. The van der Waals surface area contributed by atoms with E-state index in [4.69, 9.17) is 8.23 Å². The van der Waals surface area contributed by atoms with Crippen LogP contribution in [0.1, 0.15) is 13.8 Å². The fourth-order valence-corrected chi connectivity index (χ4v) is 3.89. The molecule has 0 rings (SSSR count). The summed E-state index contributed by atoms with van der Waals surface area (Å²) in [6.45, 7) is 13.3. The summed E-state index contributed by atoms with van der Waals surface area (Å²) in [6.07, 6.45) is 0. The van der Waals surface area contributed by atoms with Crippen molar-refractivity contribution in [3.63, 3.8) is 0 Å². The van der Waals surface area contributed by atoms with Crippen LogP contribution in [-0.2, 0) is 8.23 Å². The smallest absolute Gasteiger partial charge is 0.410 e. The zero-order chi connectivity index (χ0) is 10.5. The highest BCUT2D eigenvalue weighted by Gasteiger charge is 2.24. The first-order valence-electron chi connectivity index (χ1n) is 4.94. The molecule has 0 unspecified atom stereocenters. The summed E-state index contributed by atoms with van der Waals surface area (Å²) in [5, 5.41) is 0. The summed E-state index contributed by atoms with van der Waals surface area (Å²) >= 11 is 0. The molecule has 0 aromatic carbocycles. The van der Waals surface area contributed by atoms with Crippen molar-refractivity contribution >= 4 is 26.6 Å². The van der Waals surface area contributed by atoms with E-state index in [1.165, 1.54) is 0 Å². The minimum Gasteiger partial charge on any atom is -0.435 e. The Hall–Kier alpha value is 0.571. The fraction of sp³-hybridized carbons (Fsp3) is 1.00. The van der Waals surface area contributed by atoms with E-state index in [0.717, 1.165) is 12.1 Å². The van der Waals surface area contributed by atoms with E-state index >= 15 is 0 Å². The summed E-state index contributed by atoms with van der Waals surface area (Å²) < 4.78 is 11.6. The van der Waals surface area contributed by atoms with Gasteiger partial charge in [0.05, 0.1) is 0 Å². The average molecular weight is 235 g/mol. The minimum absolute atomic E-state index is 0.272. The lowest BCUT2D eigenvalue weighted by Gasteiger charge is -2.25. The highest BCUT2D eigenvalue weighted by molar-refractivity contribution is 6.78. The Morgan fingerprint density at radius 2 is 1.15 bits per heavy atom. The van der Waals surface area contributed by atoms with Crippen LogP contribution in [0, 0.1) is 0 Å². The first-order valence-corrected chi connectivity index (χ1v) is 12.0.